The average Bonchev–Trinajstić information content (AvgIpc) is 3.69. The van der Waals surface area contributed by atoms with Crippen molar-refractivity contribution in [2.24, 2.45) is 52.3 Å². The van der Waals surface area contributed by atoms with Crippen LogP contribution in [-0.2, 0) is 38.1 Å². The minimum absolute atomic E-state index is 0.0838. The molecule has 0 heterocycles. The summed E-state index contributed by atoms with van der Waals surface area (Å²) in [6, 6.07) is 16.4. The van der Waals surface area contributed by atoms with Crippen LogP contribution in [0.15, 0.2) is 48.5 Å². The van der Waals surface area contributed by atoms with E-state index in [1.807, 2.05) is 45.0 Å². The van der Waals surface area contributed by atoms with Gasteiger partial charge in [-0.05, 0) is 174 Å². The quantitative estimate of drug-likeness (QED) is 0.154. The maximum atomic E-state index is 14.0. The topological polar surface area (TPSA) is 105 Å². The Morgan fingerprint density at radius 2 is 1.28 bits per heavy atom. The van der Waals surface area contributed by atoms with Crippen LogP contribution in [0.2, 0.25) is 0 Å². The van der Waals surface area contributed by atoms with Crippen molar-refractivity contribution in [3.63, 3.8) is 0 Å². The van der Waals surface area contributed by atoms with Crippen molar-refractivity contribution in [2.75, 3.05) is 6.61 Å². The number of rotatable bonds is 12. The van der Waals surface area contributed by atoms with Crippen molar-refractivity contribution < 1.29 is 38.1 Å². The lowest BCUT2D eigenvalue weighted by Crippen LogP contribution is -2.54. The minimum Gasteiger partial charge on any atom is -0.465 e. The number of esters is 4. The summed E-state index contributed by atoms with van der Waals surface area (Å²) in [7, 11) is 0. The molecular formula is C52H72O8. The molecule has 328 valence electrons. The molecule has 5 aliphatic carbocycles. The Hall–Kier alpha value is -3.68. The number of hydrogen-bond acceptors (Lipinski definition) is 8. The van der Waals surface area contributed by atoms with Crippen molar-refractivity contribution in [2.45, 2.75) is 169 Å². The van der Waals surface area contributed by atoms with E-state index < -0.39 is 35.0 Å². The van der Waals surface area contributed by atoms with Gasteiger partial charge >= 0.3 is 23.9 Å². The zero-order valence-corrected chi connectivity index (χ0v) is 38.0. The minimum atomic E-state index is -0.989. The monoisotopic (exact) mass is 825 g/mol. The van der Waals surface area contributed by atoms with E-state index in [1.54, 1.807) is 20.8 Å². The second-order valence-corrected chi connectivity index (χ2v) is 21.9. The van der Waals surface area contributed by atoms with E-state index in [9.17, 15) is 19.2 Å². The van der Waals surface area contributed by atoms with Crippen LogP contribution >= 0.6 is 0 Å². The van der Waals surface area contributed by atoms with E-state index in [-0.39, 0.29) is 42.9 Å². The first-order valence-corrected chi connectivity index (χ1v) is 23.2. The highest BCUT2D eigenvalue weighted by atomic mass is 16.6. The third kappa shape index (κ3) is 9.38. The summed E-state index contributed by atoms with van der Waals surface area (Å²) in [6.07, 6.45) is 10.6. The zero-order valence-electron chi connectivity index (χ0n) is 38.0. The van der Waals surface area contributed by atoms with Crippen LogP contribution in [0.4, 0.5) is 0 Å². The molecule has 0 spiro atoms. The summed E-state index contributed by atoms with van der Waals surface area (Å²) in [4.78, 5) is 53.3. The van der Waals surface area contributed by atoms with Crippen molar-refractivity contribution in [3.8, 4) is 11.1 Å². The lowest BCUT2D eigenvalue weighted by Gasteiger charge is -2.61. The van der Waals surface area contributed by atoms with E-state index in [0.717, 1.165) is 54.4 Å². The van der Waals surface area contributed by atoms with Crippen molar-refractivity contribution in [3.05, 3.63) is 59.7 Å². The molecule has 2 aromatic rings. The highest BCUT2D eigenvalue weighted by Crippen LogP contribution is 2.68. The summed E-state index contributed by atoms with van der Waals surface area (Å²) >= 11 is 0. The fourth-order valence-electron chi connectivity index (χ4n) is 13.2. The van der Waals surface area contributed by atoms with Gasteiger partial charge in [-0.15, -0.1) is 0 Å². The van der Waals surface area contributed by atoms with Crippen LogP contribution in [0.3, 0.4) is 0 Å². The van der Waals surface area contributed by atoms with Crippen LogP contribution in [0.25, 0.3) is 11.1 Å². The van der Waals surface area contributed by atoms with Crippen LogP contribution < -0.4 is 0 Å². The fraction of sp³-hybridized carbons (Fsp3) is 0.692. The SMILES string of the molecule is C[C@H](CCC(=O)OC(C)(C)C)C1CC[C@H]2[C@@H]3CC[C@@H]4C[C@@H](OC(=O)C(CC(=O)OCC5c6ccccc6-c6ccccc65)CC(=O)OC(C)(C)C)CC[C@]4(C)[C@H]3CC[C@]12C. The van der Waals surface area contributed by atoms with Crippen LogP contribution in [-0.4, -0.2) is 47.8 Å². The van der Waals surface area contributed by atoms with E-state index >= 15 is 0 Å². The van der Waals surface area contributed by atoms with Crippen molar-refractivity contribution in [1.29, 1.82) is 0 Å². The maximum absolute atomic E-state index is 14.0. The first-order chi connectivity index (χ1) is 28.3. The van der Waals surface area contributed by atoms with Gasteiger partial charge in [-0.25, -0.2) is 0 Å². The largest absolute Gasteiger partial charge is 0.465 e. The van der Waals surface area contributed by atoms with Gasteiger partial charge in [-0.3, -0.25) is 19.2 Å². The summed E-state index contributed by atoms with van der Waals surface area (Å²) in [6.45, 7) is 18.8. The molecule has 0 radical (unpaired) electrons. The molecule has 0 saturated heterocycles. The van der Waals surface area contributed by atoms with Crippen LogP contribution in [0.1, 0.15) is 163 Å². The molecule has 0 bridgehead atoms. The third-order valence-corrected chi connectivity index (χ3v) is 15.8. The first-order valence-electron chi connectivity index (χ1n) is 23.2. The number of carbonyl (C=O) groups is 4. The number of carbonyl (C=O) groups excluding carboxylic acids is 4. The molecule has 5 aliphatic rings. The van der Waals surface area contributed by atoms with E-state index in [0.29, 0.717) is 47.3 Å². The molecule has 2 unspecified atom stereocenters. The van der Waals surface area contributed by atoms with Gasteiger partial charge in [0.25, 0.3) is 0 Å². The van der Waals surface area contributed by atoms with E-state index in [1.165, 1.54) is 32.1 Å². The summed E-state index contributed by atoms with van der Waals surface area (Å²) in [5, 5.41) is 0. The molecule has 8 heteroatoms. The molecule has 4 saturated carbocycles. The van der Waals surface area contributed by atoms with Gasteiger partial charge in [-0.1, -0.05) is 69.3 Å². The Morgan fingerprint density at radius 3 is 1.93 bits per heavy atom. The molecule has 4 fully saturated rings. The Balaban J connectivity index is 0.961. The van der Waals surface area contributed by atoms with Crippen molar-refractivity contribution in [1.82, 2.24) is 0 Å². The van der Waals surface area contributed by atoms with E-state index in [4.69, 9.17) is 18.9 Å². The highest BCUT2D eigenvalue weighted by Gasteiger charge is 2.61. The predicted octanol–water partition coefficient (Wildman–Crippen LogP) is 11.4. The van der Waals surface area contributed by atoms with E-state index in [2.05, 4.69) is 45.0 Å². The Bertz CT molecular complexity index is 1860. The third-order valence-electron chi connectivity index (χ3n) is 15.8. The molecule has 7 rings (SSSR count). The van der Waals surface area contributed by atoms with Gasteiger partial charge in [0.2, 0.25) is 0 Å². The molecule has 2 aromatic carbocycles. The number of benzene rings is 2. The molecular weight excluding hydrogens is 753 g/mol. The highest BCUT2D eigenvalue weighted by molar-refractivity contribution is 5.85. The maximum Gasteiger partial charge on any atom is 0.310 e. The smallest absolute Gasteiger partial charge is 0.310 e. The summed E-state index contributed by atoms with van der Waals surface area (Å²) in [5.41, 5.74) is 3.85. The first kappa shape index (κ1) is 44.4. The second kappa shape index (κ2) is 17.2. The van der Waals surface area contributed by atoms with Gasteiger partial charge in [0.1, 0.15) is 23.9 Å². The van der Waals surface area contributed by atoms with Crippen molar-refractivity contribution >= 4 is 23.9 Å². The lowest BCUT2D eigenvalue weighted by molar-refractivity contribution is -0.173. The Labute approximate surface area is 359 Å². The Morgan fingerprint density at radius 1 is 0.700 bits per heavy atom. The average molecular weight is 825 g/mol. The molecule has 0 aliphatic heterocycles. The molecule has 0 aromatic heterocycles. The number of fused-ring (bicyclic) bond motifs is 8. The molecule has 0 N–H and O–H groups in total. The van der Waals surface area contributed by atoms with Gasteiger partial charge in [0.05, 0.1) is 18.8 Å². The van der Waals surface area contributed by atoms with Crippen LogP contribution in [0.5, 0.6) is 0 Å². The predicted molar refractivity (Wildman–Crippen MR) is 233 cm³/mol. The molecule has 8 nitrogen and oxygen atoms in total. The van der Waals surface area contributed by atoms with Gasteiger partial charge in [-0.2, -0.15) is 0 Å². The summed E-state index contributed by atoms with van der Waals surface area (Å²) in [5.74, 6) is 0.942. The van der Waals surface area contributed by atoms with Gasteiger partial charge in [0, 0.05) is 12.3 Å². The number of hydrogen-bond donors (Lipinski definition) is 0. The number of ether oxygens (including phenoxy) is 4. The normalized spacial score (nSPS) is 30.7. The fourth-order valence-corrected chi connectivity index (χ4v) is 13.2. The van der Waals surface area contributed by atoms with Gasteiger partial charge < -0.3 is 18.9 Å². The standard InChI is InChI=1S/C52H72O8/c1-32(18-23-45(53)59-49(2,3)4)42-21-22-43-40-20-19-34-30-35(24-26-51(34,8)44(40)25-27-52(42,43)9)58-48(56)33(29-47(55)60-50(5,6)7)28-46(54)57-31-41-38-16-12-10-14-36(38)37-15-11-13-17-39(37)41/h10-17,32-35,40-44H,18-31H2,1-9H3/t32-,33?,34-,35+,40+,42?,43+,44+,51+,52-/m1/s1. The molecule has 60 heavy (non-hydrogen) atoms. The molecule has 0 amide bonds. The summed E-state index contributed by atoms with van der Waals surface area (Å²) < 4.78 is 23.5. The zero-order chi connectivity index (χ0) is 43.2. The Kier molecular flexibility index (Phi) is 12.7. The second-order valence-electron chi connectivity index (χ2n) is 21.9. The van der Waals surface area contributed by atoms with Gasteiger partial charge in [0.15, 0.2) is 0 Å². The lowest BCUT2D eigenvalue weighted by atomic mass is 9.44. The van der Waals surface area contributed by atoms with Crippen LogP contribution in [0, 0.1) is 52.3 Å². The molecule has 10 atom stereocenters.